The van der Waals surface area contributed by atoms with Crippen molar-refractivity contribution >= 4 is 54.8 Å². The average Bonchev–Trinajstić information content (AvgIpc) is 3.00. The first-order valence-corrected chi connectivity index (χ1v) is 12.9. The molecule has 0 N–H and O–H groups in total. The SMILES string of the molecule is O=S1(=O)c2cccc3c(I)ccc(c23)N1CCCN1CCN(c2ccc(F)cc2)CC1. The van der Waals surface area contributed by atoms with Gasteiger partial charge in [0.05, 0.1) is 10.6 Å². The summed E-state index contributed by atoms with van der Waals surface area (Å²) in [4.78, 5) is 5.06. The van der Waals surface area contributed by atoms with E-state index in [9.17, 15) is 12.8 Å². The molecule has 0 radical (unpaired) electrons. The molecule has 5 rings (SSSR count). The third-order valence-electron chi connectivity index (χ3n) is 6.16. The second kappa shape index (κ2) is 8.22. The van der Waals surface area contributed by atoms with Crippen molar-refractivity contribution < 1.29 is 12.8 Å². The summed E-state index contributed by atoms with van der Waals surface area (Å²) in [5, 5.41) is 1.85. The summed E-state index contributed by atoms with van der Waals surface area (Å²) >= 11 is 2.26. The maximum absolute atomic E-state index is 13.2. The Morgan fingerprint density at radius 2 is 1.65 bits per heavy atom. The van der Waals surface area contributed by atoms with Gasteiger partial charge in [-0.1, -0.05) is 12.1 Å². The van der Waals surface area contributed by atoms with Crippen LogP contribution in [0.3, 0.4) is 0 Å². The van der Waals surface area contributed by atoms with Gasteiger partial charge in [-0.25, -0.2) is 12.8 Å². The van der Waals surface area contributed by atoms with Gasteiger partial charge in [-0.05, 0) is 76.9 Å². The molecule has 5 nitrogen and oxygen atoms in total. The highest BCUT2D eigenvalue weighted by Gasteiger charge is 2.35. The molecule has 0 unspecified atom stereocenters. The van der Waals surface area contributed by atoms with Crippen LogP contribution in [0, 0.1) is 9.39 Å². The predicted octanol–water partition coefficient (Wildman–Crippen LogP) is 4.30. The molecule has 2 heterocycles. The number of hydrogen-bond donors (Lipinski definition) is 0. The van der Waals surface area contributed by atoms with Crippen molar-refractivity contribution in [3.63, 3.8) is 0 Å². The highest BCUT2D eigenvalue weighted by atomic mass is 127. The van der Waals surface area contributed by atoms with Gasteiger partial charge >= 0.3 is 0 Å². The van der Waals surface area contributed by atoms with Crippen LogP contribution in [0.25, 0.3) is 10.8 Å². The molecular formula is C23H23FIN3O2S. The lowest BCUT2D eigenvalue weighted by atomic mass is 10.1. The van der Waals surface area contributed by atoms with Gasteiger partial charge in [-0.3, -0.25) is 9.21 Å². The van der Waals surface area contributed by atoms with Crippen molar-refractivity contribution in [2.24, 2.45) is 0 Å². The van der Waals surface area contributed by atoms with Crippen LogP contribution < -0.4 is 9.21 Å². The standard InChI is InChI=1S/C23H23FIN3O2S/c24-17-5-7-18(8-6-17)27-15-13-26(14-16-27)11-2-12-28-21-10-9-20(25)19-3-1-4-22(23(19)21)31(28,29)30/h1,3-10H,2,11-16H2. The van der Waals surface area contributed by atoms with Crippen LogP contribution in [0.1, 0.15) is 6.42 Å². The van der Waals surface area contributed by atoms with Gasteiger partial charge in [0.15, 0.2) is 0 Å². The molecule has 0 saturated carbocycles. The van der Waals surface area contributed by atoms with Gasteiger partial charge in [-0.2, -0.15) is 0 Å². The van der Waals surface area contributed by atoms with Gasteiger partial charge in [0.1, 0.15) is 5.82 Å². The van der Waals surface area contributed by atoms with Crippen LogP contribution in [0.15, 0.2) is 59.5 Å². The van der Waals surface area contributed by atoms with Crippen molar-refractivity contribution in [2.45, 2.75) is 11.3 Å². The van der Waals surface area contributed by atoms with E-state index in [1.54, 1.807) is 10.4 Å². The van der Waals surface area contributed by atoms with E-state index in [0.29, 0.717) is 11.4 Å². The first-order chi connectivity index (χ1) is 14.9. The molecule has 1 saturated heterocycles. The van der Waals surface area contributed by atoms with E-state index in [1.807, 2.05) is 36.4 Å². The third-order valence-corrected chi connectivity index (χ3v) is 8.96. The van der Waals surface area contributed by atoms with E-state index in [0.717, 1.165) is 64.9 Å². The second-order valence-electron chi connectivity index (χ2n) is 7.98. The molecule has 162 valence electrons. The fraction of sp³-hybridized carbons (Fsp3) is 0.304. The summed E-state index contributed by atoms with van der Waals surface area (Å²) in [5.74, 6) is -0.216. The Bertz CT molecular complexity index is 1230. The van der Waals surface area contributed by atoms with E-state index in [-0.39, 0.29) is 5.82 Å². The predicted molar refractivity (Wildman–Crippen MR) is 131 cm³/mol. The quantitative estimate of drug-likeness (QED) is 0.444. The molecule has 1 fully saturated rings. The summed E-state index contributed by atoms with van der Waals surface area (Å²) in [6.45, 7) is 4.93. The summed E-state index contributed by atoms with van der Waals surface area (Å²) in [7, 11) is -3.49. The normalized spacial score (nSPS) is 18.1. The fourth-order valence-electron chi connectivity index (χ4n) is 4.55. The monoisotopic (exact) mass is 551 g/mol. The van der Waals surface area contributed by atoms with Crippen LogP contribution in [0.4, 0.5) is 15.8 Å². The Hall–Kier alpha value is -1.91. The summed E-state index contributed by atoms with van der Waals surface area (Å²) in [6, 6.07) is 16.1. The topological polar surface area (TPSA) is 43.9 Å². The van der Waals surface area contributed by atoms with Gasteiger partial charge in [0, 0.05) is 53.9 Å². The second-order valence-corrected chi connectivity index (χ2v) is 11.0. The van der Waals surface area contributed by atoms with Gasteiger partial charge < -0.3 is 4.90 Å². The molecule has 0 bridgehead atoms. The Labute approximate surface area is 195 Å². The Balaban J connectivity index is 1.22. The average molecular weight is 551 g/mol. The minimum absolute atomic E-state index is 0.216. The molecule has 8 heteroatoms. The number of benzene rings is 3. The van der Waals surface area contributed by atoms with Crippen molar-refractivity contribution in [1.29, 1.82) is 0 Å². The smallest absolute Gasteiger partial charge is 0.265 e. The van der Waals surface area contributed by atoms with Crippen LogP contribution >= 0.6 is 22.6 Å². The first kappa shape index (κ1) is 21.0. The minimum Gasteiger partial charge on any atom is -0.369 e. The maximum Gasteiger partial charge on any atom is 0.265 e. The number of nitrogens with zero attached hydrogens (tertiary/aromatic N) is 3. The van der Waals surface area contributed by atoms with Crippen LogP contribution in [0.5, 0.6) is 0 Å². The Morgan fingerprint density at radius 1 is 0.903 bits per heavy atom. The number of rotatable bonds is 5. The van der Waals surface area contributed by atoms with E-state index in [4.69, 9.17) is 0 Å². The van der Waals surface area contributed by atoms with Crippen LogP contribution in [-0.4, -0.2) is 52.6 Å². The zero-order valence-corrected chi connectivity index (χ0v) is 19.9. The van der Waals surface area contributed by atoms with E-state index in [2.05, 4.69) is 32.4 Å². The highest BCUT2D eigenvalue weighted by Crippen LogP contribution is 2.43. The first-order valence-electron chi connectivity index (χ1n) is 10.4. The van der Waals surface area contributed by atoms with Crippen molar-refractivity contribution in [3.05, 3.63) is 64.0 Å². The summed E-state index contributed by atoms with van der Waals surface area (Å²) in [5.41, 5.74) is 1.84. The van der Waals surface area contributed by atoms with Gasteiger partial charge in [0.25, 0.3) is 10.0 Å². The van der Waals surface area contributed by atoms with Gasteiger partial charge in [0.2, 0.25) is 0 Å². The minimum atomic E-state index is -3.49. The lowest BCUT2D eigenvalue weighted by Crippen LogP contribution is -2.47. The molecule has 0 aliphatic carbocycles. The fourth-order valence-corrected chi connectivity index (χ4v) is 6.92. The molecule has 2 aliphatic rings. The lowest BCUT2D eigenvalue weighted by Gasteiger charge is -2.36. The van der Waals surface area contributed by atoms with E-state index < -0.39 is 10.0 Å². The Kier molecular flexibility index (Phi) is 5.56. The molecule has 2 aliphatic heterocycles. The summed E-state index contributed by atoms with van der Waals surface area (Å²) < 4.78 is 42.1. The molecule has 31 heavy (non-hydrogen) atoms. The summed E-state index contributed by atoms with van der Waals surface area (Å²) in [6.07, 6.45) is 0.775. The molecule has 0 atom stereocenters. The molecule has 0 amide bonds. The number of hydrogen-bond acceptors (Lipinski definition) is 4. The van der Waals surface area contributed by atoms with E-state index in [1.165, 1.54) is 12.1 Å². The zero-order chi connectivity index (χ0) is 21.6. The number of sulfonamides is 1. The number of halogens is 2. The number of piperazine rings is 1. The van der Waals surface area contributed by atoms with Crippen molar-refractivity contribution in [3.8, 4) is 0 Å². The maximum atomic E-state index is 13.2. The molecular weight excluding hydrogens is 528 g/mol. The largest absolute Gasteiger partial charge is 0.369 e. The van der Waals surface area contributed by atoms with Gasteiger partial charge in [-0.15, -0.1) is 0 Å². The zero-order valence-electron chi connectivity index (χ0n) is 17.0. The van der Waals surface area contributed by atoms with Crippen molar-refractivity contribution in [2.75, 3.05) is 48.5 Å². The molecule has 3 aromatic carbocycles. The lowest BCUT2D eigenvalue weighted by molar-refractivity contribution is 0.256. The Morgan fingerprint density at radius 3 is 2.39 bits per heavy atom. The highest BCUT2D eigenvalue weighted by molar-refractivity contribution is 14.1. The van der Waals surface area contributed by atoms with E-state index >= 15 is 0 Å². The number of anilines is 2. The third kappa shape index (κ3) is 3.78. The van der Waals surface area contributed by atoms with Crippen LogP contribution in [0.2, 0.25) is 0 Å². The van der Waals surface area contributed by atoms with Crippen molar-refractivity contribution in [1.82, 2.24) is 4.90 Å². The molecule has 3 aromatic rings. The molecule has 0 spiro atoms. The molecule has 0 aromatic heterocycles. The van der Waals surface area contributed by atoms with Crippen LogP contribution in [-0.2, 0) is 10.0 Å².